The molecule has 1 unspecified atom stereocenters. The summed E-state index contributed by atoms with van der Waals surface area (Å²) in [5.41, 5.74) is 13.8. The minimum atomic E-state index is -0.207. The number of aryl methyl sites for hydroxylation is 2. The van der Waals surface area contributed by atoms with Crippen molar-refractivity contribution in [1.29, 1.82) is 0 Å². The molecule has 1 nitrogen and oxygen atoms in total. The van der Waals surface area contributed by atoms with Crippen molar-refractivity contribution in [1.82, 2.24) is 0 Å². The summed E-state index contributed by atoms with van der Waals surface area (Å²) in [4.78, 5) is 0. The Morgan fingerprint density at radius 2 is 1.45 bits per heavy atom. The Balaban J connectivity index is 2.34. The highest BCUT2D eigenvalue weighted by atomic mass is 19.1. The lowest BCUT2D eigenvalue weighted by Crippen LogP contribution is -2.17. The lowest BCUT2D eigenvalue weighted by Gasteiger charge is -2.21. The van der Waals surface area contributed by atoms with Gasteiger partial charge in [-0.25, -0.2) is 4.39 Å². The van der Waals surface area contributed by atoms with E-state index in [1.165, 1.54) is 39.9 Å². The number of rotatable bonds is 3. The molecule has 0 radical (unpaired) electrons. The Labute approximate surface area is 120 Å². The molecule has 1 atom stereocenters. The van der Waals surface area contributed by atoms with Crippen molar-refractivity contribution >= 4 is 0 Å². The number of nitrogens with two attached hydrogens (primary N) is 1. The van der Waals surface area contributed by atoms with Crippen LogP contribution in [0.2, 0.25) is 0 Å². The lowest BCUT2D eigenvalue weighted by atomic mass is 9.87. The van der Waals surface area contributed by atoms with Crippen LogP contribution in [0.15, 0.2) is 30.3 Å². The molecule has 2 N–H and O–H groups in total. The molecule has 0 aliphatic rings. The monoisotopic (exact) mass is 271 g/mol. The van der Waals surface area contributed by atoms with Gasteiger partial charge in [0.1, 0.15) is 5.82 Å². The van der Waals surface area contributed by atoms with Gasteiger partial charge in [-0.2, -0.15) is 0 Å². The van der Waals surface area contributed by atoms with Gasteiger partial charge in [0.15, 0.2) is 0 Å². The van der Waals surface area contributed by atoms with E-state index < -0.39 is 0 Å². The van der Waals surface area contributed by atoms with Crippen LogP contribution >= 0.6 is 0 Å². The van der Waals surface area contributed by atoms with Crippen LogP contribution in [-0.2, 0) is 6.42 Å². The first-order chi connectivity index (χ1) is 9.40. The second kappa shape index (κ2) is 5.76. The zero-order chi connectivity index (χ0) is 14.9. The van der Waals surface area contributed by atoms with Crippen molar-refractivity contribution in [2.75, 3.05) is 0 Å². The normalized spacial score (nSPS) is 12.5. The van der Waals surface area contributed by atoms with Crippen molar-refractivity contribution in [3.05, 3.63) is 69.5 Å². The SMILES string of the molecule is Cc1cc(C)c(C)c(C(N)Cc2ccc(F)cc2)c1C. The Morgan fingerprint density at radius 3 is 1.95 bits per heavy atom. The van der Waals surface area contributed by atoms with Gasteiger partial charge >= 0.3 is 0 Å². The average molecular weight is 271 g/mol. The molecular formula is C18H22FN. The molecule has 0 spiro atoms. The molecule has 0 amide bonds. The Kier molecular flexibility index (Phi) is 4.24. The summed E-state index contributed by atoms with van der Waals surface area (Å²) >= 11 is 0. The molecule has 0 saturated carbocycles. The van der Waals surface area contributed by atoms with Gasteiger partial charge in [-0.05, 0) is 79.6 Å². The van der Waals surface area contributed by atoms with Gasteiger partial charge in [0.2, 0.25) is 0 Å². The molecule has 20 heavy (non-hydrogen) atoms. The summed E-state index contributed by atoms with van der Waals surface area (Å²) in [7, 11) is 0. The quantitative estimate of drug-likeness (QED) is 0.885. The van der Waals surface area contributed by atoms with Crippen molar-refractivity contribution < 1.29 is 4.39 Å². The van der Waals surface area contributed by atoms with E-state index in [0.717, 1.165) is 12.0 Å². The van der Waals surface area contributed by atoms with Gasteiger partial charge < -0.3 is 5.73 Å². The Hall–Kier alpha value is -1.67. The van der Waals surface area contributed by atoms with Gasteiger partial charge in [-0.3, -0.25) is 0 Å². The van der Waals surface area contributed by atoms with Crippen molar-refractivity contribution in [2.24, 2.45) is 5.73 Å². The molecule has 2 aromatic rings. The minimum Gasteiger partial charge on any atom is -0.324 e. The van der Waals surface area contributed by atoms with E-state index in [2.05, 4.69) is 33.8 Å². The van der Waals surface area contributed by atoms with Crippen LogP contribution in [0.25, 0.3) is 0 Å². The third-order valence-corrected chi connectivity index (χ3v) is 4.16. The van der Waals surface area contributed by atoms with E-state index in [4.69, 9.17) is 5.73 Å². The van der Waals surface area contributed by atoms with Crippen LogP contribution in [0.4, 0.5) is 4.39 Å². The van der Waals surface area contributed by atoms with Crippen LogP contribution in [-0.4, -0.2) is 0 Å². The van der Waals surface area contributed by atoms with Crippen molar-refractivity contribution in [3.8, 4) is 0 Å². The predicted octanol–water partition coefficient (Wildman–Crippen LogP) is 4.30. The van der Waals surface area contributed by atoms with E-state index in [9.17, 15) is 4.39 Å². The van der Waals surface area contributed by atoms with Crippen molar-refractivity contribution in [3.63, 3.8) is 0 Å². The molecule has 0 heterocycles. The molecule has 0 aromatic heterocycles. The molecule has 0 aliphatic carbocycles. The summed E-state index contributed by atoms with van der Waals surface area (Å²) in [6, 6.07) is 8.75. The highest BCUT2D eigenvalue weighted by Crippen LogP contribution is 2.28. The second-order valence-corrected chi connectivity index (χ2v) is 5.61. The average Bonchev–Trinajstić information content (AvgIpc) is 2.39. The first-order valence-corrected chi connectivity index (χ1v) is 6.97. The zero-order valence-corrected chi connectivity index (χ0v) is 12.6. The number of hydrogen-bond acceptors (Lipinski definition) is 1. The van der Waals surface area contributed by atoms with Crippen LogP contribution in [0.3, 0.4) is 0 Å². The maximum Gasteiger partial charge on any atom is 0.123 e. The third kappa shape index (κ3) is 2.91. The summed E-state index contributed by atoms with van der Waals surface area (Å²) in [5, 5.41) is 0. The number of benzene rings is 2. The van der Waals surface area contributed by atoms with Crippen LogP contribution < -0.4 is 5.73 Å². The van der Waals surface area contributed by atoms with Crippen LogP contribution in [0, 0.1) is 33.5 Å². The molecular weight excluding hydrogens is 249 g/mol. The second-order valence-electron chi connectivity index (χ2n) is 5.61. The summed E-state index contributed by atoms with van der Waals surface area (Å²) in [5.74, 6) is -0.207. The molecule has 2 heteroatoms. The molecule has 2 rings (SSSR count). The zero-order valence-electron chi connectivity index (χ0n) is 12.6. The van der Waals surface area contributed by atoms with Gasteiger partial charge in [0.25, 0.3) is 0 Å². The van der Waals surface area contributed by atoms with E-state index >= 15 is 0 Å². The van der Waals surface area contributed by atoms with E-state index in [1.54, 1.807) is 0 Å². The highest BCUT2D eigenvalue weighted by molar-refractivity contribution is 5.46. The van der Waals surface area contributed by atoms with Crippen molar-refractivity contribution in [2.45, 2.75) is 40.2 Å². The van der Waals surface area contributed by atoms with Crippen LogP contribution in [0.5, 0.6) is 0 Å². The maximum absolute atomic E-state index is 12.9. The summed E-state index contributed by atoms with van der Waals surface area (Å²) < 4.78 is 12.9. The number of halogens is 1. The summed E-state index contributed by atoms with van der Waals surface area (Å²) in [6.45, 7) is 8.50. The van der Waals surface area contributed by atoms with Gasteiger partial charge in [-0.15, -0.1) is 0 Å². The van der Waals surface area contributed by atoms with Gasteiger partial charge in [-0.1, -0.05) is 18.2 Å². The standard InChI is InChI=1S/C18H22FN/c1-11-9-12(2)14(4)18(13(11)3)17(20)10-15-5-7-16(19)8-6-15/h5-9,17H,10,20H2,1-4H3. The van der Waals surface area contributed by atoms with E-state index in [0.29, 0.717) is 0 Å². The first-order valence-electron chi connectivity index (χ1n) is 6.97. The Morgan fingerprint density at radius 1 is 0.950 bits per heavy atom. The van der Waals surface area contributed by atoms with Gasteiger partial charge in [0.05, 0.1) is 0 Å². The van der Waals surface area contributed by atoms with Gasteiger partial charge in [0, 0.05) is 6.04 Å². The molecule has 0 aliphatic heterocycles. The fourth-order valence-corrected chi connectivity index (χ4v) is 2.78. The largest absolute Gasteiger partial charge is 0.324 e. The smallest absolute Gasteiger partial charge is 0.123 e. The summed E-state index contributed by atoms with van der Waals surface area (Å²) in [6.07, 6.45) is 0.727. The highest BCUT2D eigenvalue weighted by Gasteiger charge is 2.15. The fourth-order valence-electron chi connectivity index (χ4n) is 2.78. The topological polar surface area (TPSA) is 26.0 Å². The first kappa shape index (κ1) is 14.7. The van der Waals surface area contributed by atoms with E-state index in [1.807, 2.05) is 12.1 Å². The molecule has 0 bridgehead atoms. The molecule has 2 aromatic carbocycles. The van der Waals surface area contributed by atoms with Crippen LogP contribution in [0.1, 0.15) is 39.4 Å². The lowest BCUT2D eigenvalue weighted by molar-refractivity contribution is 0.625. The molecule has 0 fully saturated rings. The molecule has 106 valence electrons. The molecule has 0 saturated heterocycles. The third-order valence-electron chi connectivity index (χ3n) is 4.16. The predicted molar refractivity (Wildman–Crippen MR) is 82.4 cm³/mol. The van der Waals surface area contributed by atoms with E-state index in [-0.39, 0.29) is 11.9 Å². The fraction of sp³-hybridized carbons (Fsp3) is 0.333. The Bertz CT molecular complexity index is 588. The number of hydrogen-bond donors (Lipinski definition) is 1. The minimum absolute atomic E-state index is 0.0564. The maximum atomic E-state index is 12.9.